The fraction of sp³-hybridized carbons (Fsp3) is 0.402. The van der Waals surface area contributed by atoms with Crippen LogP contribution in [0.1, 0.15) is 87.0 Å². The molecule has 5 unspecified atom stereocenters. The molecule has 6 heterocycles. The smallest absolute Gasteiger partial charge is 0.411 e. The van der Waals surface area contributed by atoms with Crippen LogP contribution in [0.4, 0.5) is 42.9 Å². The van der Waals surface area contributed by atoms with Crippen LogP contribution < -0.4 is 24.8 Å². The molecule has 1 aromatic heterocycles. The molecule has 0 aliphatic carbocycles. The van der Waals surface area contributed by atoms with E-state index in [0.29, 0.717) is 58.2 Å². The van der Waals surface area contributed by atoms with Crippen molar-refractivity contribution in [1.29, 1.82) is 0 Å². The number of nitrogens with one attached hydrogen (secondary N) is 2. The number of hydrogen-bond donors (Lipinski definition) is 2. The van der Waals surface area contributed by atoms with Gasteiger partial charge in [0.05, 0.1) is 71.0 Å². The standard InChI is InChI=1S/C22H25ClFN3O5S.C20H25ClFN5O5S.C18H17ClFNO4S.C14H17ClFNO4S.C13H15ClFNO4S/c1-22(2,3)32-21(29)27-12-11-26(33(30,31)16-7-5-4-6-8-16)14-19(27)20(28)25-15-9-10-17(23)18(24)13-15;1-20(2,3)32-19(29)27-8-7-26(33(30,31)17-11-25(4)12-23-17)10-16(27)18(28)24-13-5-6-14(21)15(22)9-13;19-16-9-8-14(11-17(16)20)25-18(22)13-5-4-10-21(12-13)26(23,24)15-6-2-1-3-7-15;1-2-22(19,20)17-7-3-4-10(9-17)14(18)21-11-5-6-12(15)13(16)8-11;1-21(18,19)16-6-2-3-9(8-16)13(17)20-10-4-5-11(14)12(15)7-10/h4-10,13,19H,11-12,14H2,1-3H3,(H,25,28);5-6,9,11-12,16H,7-8,10H2,1-4H3,(H,24,28);1-3,6-9,11,13H,4-5,10,12H2;5-6,8,10H,2-4,7,9H2,1H3;4-5,7,9H,2-3,6,8H2,1H3. The van der Waals surface area contributed by atoms with Gasteiger partial charge in [0.15, 0.2) is 5.03 Å². The van der Waals surface area contributed by atoms with E-state index in [9.17, 15) is 97.6 Å². The highest BCUT2D eigenvalue weighted by atomic mass is 35.5. The first kappa shape index (κ1) is 109. The van der Waals surface area contributed by atoms with Gasteiger partial charge in [0.25, 0.3) is 10.0 Å². The van der Waals surface area contributed by atoms with Crippen LogP contribution in [0.2, 0.25) is 25.1 Å². The van der Waals surface area contributed by atoms with E-state index in [2.05, 4.69) is 15.6 Å². The molecule has 8 aromatic rings. The van der Waals surface area contributed by atoms with Gasteiger partial charge in [0.1, 0.15) is 69.6 Å². The number of piperidine rings is 3. The summed E-state index contributed by atoms with van der Waals surface area (Å²) < 4.78 is 226. The Bertz CT molecular complexity index is 6230. The van der Waals surface area contributed by atoms with Gasteiger partial charge in [-0.3, -0.25) is 33.8 Å². The number of piperazine rings is 2. The molecule has 33 nitrogen and oxygen atoms in total. The van der Waals surface area contributed by atoms with Crippen LogP contribution in [0, 0.1) is 46.8 Å². The maximum Gasteiger partial charge on any atom is 0.411 e. The zero-order valence-electron chi connectivity index (χ0n) is 74.2. The van der Waals surface area contributed by atoms with Crippen LogP contribution in [0.25, 0.3) is 0 Å². The first-order valence-corrected chi connectivity index (χ1v) is 51.3. The highest BCUT2D eigenvalue weighted by Gasteiger charge is 2.45. The van der Waals surface area contributed by atoms with Crippen LogP contribution in [-0.2, 0) is 90.6 Å². The number of anilines is 2. The second-order valence-corrected chi connectivity index (χ2v) is 45.1. The van der Waals surface area contributed by atoms with Gasteiger partial charge >= 0.3 is 30.1 Å². The number of imidazole rings is 1. The number of aryl methyl sites for hydroxylation is 1. The topological polar surface area (TPSA) is 401 Å². The molecule has 13 rings (SSSR count). The normalized spacial score (nSPS) is 18.5. The van der Waals surface area contributed by atoms with E-state index in [-0.39, 0.29) is 133 Å². The van der Waals surface area contributed by atoms with E-state index in [0.717, 1.165) is 50.1 Å². The Balaban J connectivity index is 0.000000192. The van der Waals surface area contributed by atoms with E-state index in [4.69, 9.17) is 81.7 Å². The Kier molecular flexibility index (Phi) is 38.0. The van der Waals surface area contributed by atoms with Gasteiger partial charge in [-0.25, -0.2) is 87.2 Å². The van der Waals surface area contributed by atoms with Crippen molar-refractivity contribution in [3.63, 3.8) is 0 Å². The summed E-state index contributed by atoms with van der Waals surface area (Å²) in [5, 5.41) is 4.46. The average molecular weight is 2080 g/mol. The Morgan fingerprint density at radius 1 is 0.415 bits per heavy atom. The van der Waals surface area contributed by atoms with Gasteiger partial charge in [0, 0.05) is 121 Å². The van der Waals surface area contributed by atoms with E-state index in [1.54, 1.807) is 91.9 Å². The largest absolute Gasteiger partial charge is 0.444 e. The first-order chi connectivity index (χ1) is 63.1. The zero-order chi connectivity index (χ0) is 99.6. The first-order valence-electron chi connectivity index (χ1n) is 41.7. The van der Waals surface area contributed by atoms with Crippen LogP contribution in [0.3, 0.4) is 0 Å². The van der Waals surface area contributed by atoms with E-state index >= 15 is 0 Å². The summed E-state index contributed by atoms with van der Waals surface area (Å²) in [5.74, 6) is -8.15. The molecule has 0 saturated carbocycles. The number of ether oxygens (including phenoxy) is 5. The van der Waals surface area contributed by atoms with E-state index in [1.807, 2.05) is 0 Å². The number of aromatic nitrogens is 2. The maximum absolute atomic E-state index is 13.8. The van der Waals surface area contributed by atoms with Crippen molar-refractivity contribution < 1.29 is 121 Å². The molecule has 5 aliphatic rings. The third kappa shape index (κ3) is 30.9. The minimum atomic E-state index is -4.01. The summed E-state index contributed by atoms with van der Waals surface area (Å²) in [6.45, 7) is 12.2. The lowest BCUT2D eigenvalue weighted by Crippen LogP contribution is -2.61. The number of benzene rings is 7. The van der Waals surface area contributed by atoms with Crippen LogP contribution in [0.5, 0.6) is 17.2 Å². The van der Waals surface area contributed by atoms with Crippen molar-refractivity contribution >= 4 is 161 Å². The number of amides is 4. The van der Waals surface area contributed by atoms with Crippen molar-refractivity contribution in [2.24, 2.45) is 24.8 Å². The summed E-state index contributed by atoms with van der Waals surface area (Å²) in [6.07, 6.45) is 5.61. The van der Waals surface area contributed by atoms with Crippen LogP contribution >= 0.6 is 58.0 Å². The number of halogens is 10. The van der Waals surface area contributed by atoms with Crippen molar-refractivity contribution in [1.82, 2.24) is 40.9 Å². The van der Waals surface area contributed by atoms with Gasteiger partial charge in [-0.05, 0) is 184 Å². The average Bonchev–Trinajstić information content (AvgIpc) is 1.56. The Morgan fingerprint density at radius 2 is 0.733 bits per heavy atom. The second-order valence-electron chi connectivity index (χ2n) is 33.1. The Labute approximate surface area is 804 Å². The molecule has 135 heavy (non-hydrogen) atoms. The predicted octanol–water partition coefficient (Wildman–Crippen LogP) is 14.2. The maximum atomic E-state index is 13.8. The molecule has 4 amide bonds. The summed E-state index contributed by atoms with van der Waals surface area (Å²) in [4.78, 5) is 94.8. The van der Waals surface area contributed by atoms with E-state index < -0.39 is 162 Å². The van der Waals surface area contributed by atoms with Gasteiger partial charge < -0.3 is 38.9 Å². The Morgan fingerprint density at radius 3 is 1.06 bits per heavy atom. The lowest BCUT2D eigenvalue weighted by molar-refractivity contribution is -0.141. The monoisotopic (exact) mass is 2080 g/mol. The highest BCUT2D eigenvalue weighted by Crippen LogP contribution is 2.33. The fourth-order valence-electron chi connectivity index (χ4n) is 13.8. The third-order valence-corrected chi connectivity index (χ3v) is 30.8. The van der Waals surface area contributed by atoms with Gasteiger partial charge in [-0.1, -0.05) is 94.4 Å². The number of carbonyl (C=O) groups excluding carboxylic acids is 7. The number of sulfonamides is 5. The molecule has 0 bridgehead atoms. The number of esters is 3. The molecule has 734 valence electrons. The number of hydrogen-bond acceptors (Lipinski definition) is 23. The number of carbonyl (C=O) groups is 7. The summed E-state index contributed by atoms with van der Waals surface area (Å²) in [7, 11) is -16.6. The van der Waals surface area contributed by atoms with Gasteiger partial charge in [-0.2, -0.15) is 12.9 Å². The molecule has 0 radical (unpaired) electrons. The number of rotatable bonds is 19. The lowest BCUT2D eigenvalue weighted by atomic mass is 10.00. The molecule has 2 N–H and O–H groups in total. The quantitative estimate of drug-likeness (QED) is 0.0431. The summed E-state index contributed by atoms with van der Waals surface area (Å²) in [6, 6.07) is 32.0. The summed E-state index contributed by atoms with van der Waals surface area (Å²) >= 11 is 28.1. The number of nitrogens with zero attached hydrogens (tertiary/aromatic N) is 9. The SMILES string of the molecule is CC(C)(C)OC(=O)N1CCN(S(=O)(=O)c2ccccc2)CC1C(=O)Nc1ccc(Cl)c(F)c1.CCS(=O)(=O)N1CCCC(C(=O)Oc2ccc(Cl)c(F)c2)C1.CS(=O)(=O)N1CCCC(C(=O)Oc2ccc(Cl)c(F)c2)C1.Cn1cnc(S(=O)(=O)N2CCN(C(=O)OC(C)(C)C)C(C(=O)Nc3ccc(Cl)c(F)c3)C2)c1.O=C(Oc1ccc(Cl)c(F)c1)C1CCCN(S(=O)(=O)c2ccccc2)C1. The molecule has 48 heteroatoms. The van der Waals surface area contributed by atoms with Crippen LogP contribution in [-0.4, -0.2) is 239 Å². The van der Waals surface area contributed by atoms with Crippen molar-refractivity contribution in [2.45, 2.75) is 125 Å². The third-order valence-electron chi connectivity index (χ3n) is 20.7. The second kappa shape index (κ2) is 47.1. The zero-order valence-corrected chi connectivity index (χ0v) is 82.1. The minimum Gasteiger partial charge on any atom is -0.444 e. The van der Waals surface area contributed by atoms with Crippen molar-refractivity contribution in [3.05, 3.63) is 218 Å². The van der Waals surface area contributed by atoms with Crippen LogP contribution in [0.15, 0.2) is 179 Å². The molecule has 5 fully saturated rings. The highest BCUT2D eigenvalue weighted by molar-refractivity contribution is 7.90. The van der Waals surface area contributed by atoms with Gasteiger partial charge in [-0.15, -0.1) is 0 Å². The van der Waals surface area contributed by atoms with E-state index in [1.165, 1.54) is 120 Å². The molecule has 7 aromatic carbocycles. The van der Waals surface area contributed by atoms with Crippen molar-refractivity contribution in [2.75, 3.05) is 101 Å². The summed E-state index contributed by atoms with van der Waals surface area (Å²) in [5.41, 5.74) is -1.41. The molecular formula is C87H99Cl5F5N11O22S5. The molecule has 5 saturated heterocycles. The Hall–Kier alpha value is -9.71. The predicted molar refractivity (Wildman–Crippen MR) is 493 cm³/mol. The molecule has 5 aliphatic heterocycles. The molecule has 0 spiro atoms. The minimum absolute atomic E-state index is 0.00281. The molecule has 5 atom stereocenters. The van der Waals surface area contributed by atoms with Gasteiger partial charge in [0.2, 0.25) is 51.9 Å². The molecular weight excluding hydrogens is 1980 g/mol. The fourth-order valence-corrected chi connectivity index (χ4v) is 20.9. The lowest BCUT2D eigenvalue weighted by Gasteiger charge is -2.40. The van der Waals surface area contributed by atoms with Crippen molar-refractivity contribution in [3.8, 4) is 17.2 Å².